The van der Waals surface area contributed by atoms with E-state index in [1.807, 2.05) is 25.2 Å². The molecule has 1 saturated heterocycles. The van der Waals surface area contributed by atoms with Gasteiger partial charge in [-0.1, -0.05) is 6.58 Å². The van der Waals surface area contributed by atoms with Crippen molar-refractivity contribution in [2.45, 2.75) is 39.2 Å². The van der Waals surface area contributed by atoms with E-state index in [-0.39, 0.29) is 0 Å². The summed E-state index contributed by atoms with van der Waals surface area (Å²) >= 11 is 0. The van der Waals surface area contributed by atoms with Gasteiger partial charge in [-0.05, 0) is 70.0 Å². The number of aromatic nitrogens is 1. The van der Waals surface area contributed by atoms with E-state index in [1.165, 1.54) is 12.1 Å². The zero-order valence-corrected chi connectivity index (χ0v) is 21.6. The van der Waals surface area contributed by atoms with E-state index in [4.69, 9.17) is 19.9 Å². The maximum Gasteiger partial charge on any atom is 0.129 e. The van der Waals surface area contributed by atoms with Crippen molar-refractivity contribution in [3.63, 3.8) is 0 Å². The molecule has 3 N–H and O–H groups in total. The van der Waals surface area contributed by atoms with Crippen LogP contribution in [0.2, 0.25) is 0 Å². The van der Waals surface area contributed by atoms with Gasteiger partial charge in [0.1, 0.15) is 11.5 Å². The molecular formula is C27H44N4O3. The number of hydrogen-bond donors (Lipinski definition) is 2. The second-order valence-electron chi connectivity index (χ2n) is 8.68. The summed E-state index contributed by atoms with van der Waals surface area (Å²) in [4.78, 5) is 8.55. The van der Waals surface area contributed by atoms with Crippen LogP contribution in [0.3, 0.4) is 0 Å². The zero-order valence-electron chi connectivity index (χ0n) is 21.6. The minimum Gasteiger partial charge on any atom is -0.497 e. The molecule has 34 heavy (non-hydrogen) atoms. The van der Waals surface area contributed by atoms with Gasteiger partial charge in [-0.15, -0.1) is 0 Å². The van der Waals surface area contributed by atoms with Gasteiger partial charge in [0.2, 0.25) is 0 Å². The summed E-state index contributed by atoms with van der Waals surface area (Å²) in [5.74, 6) is 1.38. The molecule has 1 fully saturated rings. The van der Waals surface area contributed by atoms with Crippen LogP contribution in [0.15, 0.2) is 59.7 Å². The Hall–Kier alpha value is -2.48. The number of H-pyrrole nitrogens is 1. The molecule has 7 nitrogen and oxygen atoms in total. The number of aromatic amines is 1. The number of rotatable bonds is 15. The van der Waals surface area contributed by atoms with Gasteiger partial charge in [-0.2, -0.15) is 0 Å². The maximum atomic E-state index is 6.26. The highest BCUT2D eigenvalue weighted by molar-refractivity contribution is 5.38. The Labute approximate surface area is 205 Å². The van der Waals surface area contributed by atoms with Crippen molar-refractivity contribution in [3.05, 3.63) is 71.1 Å². The molecule has 0 saturated carbocycles. The van der Waals surface area contributed by atoms with Crippen LogP contribution in [0.25, 0.3) is 0 Å². The smallest absolute Gasteiger partial charge is 0.129 e. The van der Waals surface area contributed by atoms with Crippen molar-refractivity contribution in [1.82, 2.24) is 14.8 Å². The largest absolute Gasteiger partial charge is 0.497 e. The molecule has 0 bridgehead atoms. The third kappa shape index (κ3) is 9.79. The number of hydrogen-bond acceptors (Lipinski definition) is 6. The molecule has 2 heterocycles. The molecule has 1 aromatic heterocycles. The molecule has 0 aliphatic carbocycles. The average molecular weight is 473 g/mol. The predicted octanol–water partition coefficient (Wildman–Crippen LogP) is 3.97. The lowest BCUT2D eigenvalue weighted by Gasteiger charge is -2.34. The van der Waals surface area contributed by atoms with E-state index in [0.717, 1.165) is 81.3 Å². The highest BCUT2D eigenvalue weighted by Crippen LogP contribution is 2.16. The number of piperazine rings is 1. The Morgan fingerprint density at radius 2 is 1.65 bits per heavy atom. The van der Waals surface area contributed by atoms with Crippen LogP contribution in [0.4, 0.5) is 0 Å². The lowest BCUT2D eigenvalue weighted by Crippen LogP contribution is -2.46. The minimum atomic E-state index is 0.648. The summed E-state index contributed by atoms with van der Waals surface area (Å²) in [5.41, 5.74) is 10.3. The minimum absolute atomic E-state index is 0.648. The third-order valence-electron chi connectivity index (χ3n) is 6.12. The third-order valence-corrected chi connectivity index (χ3v) is 6.12. The van der Waals surface area contributed by atoms with E-state index < -0.39 is 0 Å². The van der Waals surface area contributed by atoms with Crippen LogP contribution in [0.5, 0.6) is 0 Å². The van der Waals surface area contributed by atoms with Gasteiger partial charge in [-0.3, -0.25) is 0 Å². The summed E-state index contributed by atoms with van der Waals surface area (Å²) in [6.45, 7) is 13.4. The first kappa shape index (κ1) is 27.8. The fourth-order valence-corrected chi connectivity index (χ4v) is 4.15. The normalized spacial score (nSPS) is 16.6. The Morgan fingerprint density at radius 3 is 2.24 bits per heavy atom. The highest BCUT2D eigenvalue weighted by atomic mass is 16.5. The number of nitrogens with one attached hydrogen (secondary N) is 1. The Kier molecular flexibility index (Phi) is 12.6. The van der Waals surface area contributed by atoms with Gasteiger partial charge in [0.25, 0.3) is 0 Å². The molecule has 0 aromatic carbocycles. The molecule has 1 aliphatic rings. The van der Waals surface area contributed by atoms with Crippen LogP contribution >= 0.6 is 0 Å². The number of aryl methyl sites for hydroxylation is 1. The van der Waals surface area contributed by atoms with E-state index in [2.05, 4.69) is 33.5 Å². The van der Waals surface area contributed by atoms with E-state index in [1.54, 1.807) is 21.3 Å². The maximum absolute atomic E-state index is 6.26. The Morgan fingerprint density at radius 1 is 1.00 bits per heavy atom. The lowest BCUT2D eigenvalue weighted by atomic mass is 10.1. The Balaban J connectivity index is 1.64. The van der Waals surface area contributed by atoms with Crippen molar-refractivity contribution in [3.8, 4) is 0 Å². The van der Waals surface area contributed by atoms with Crippen molar-refractivity contribution in [2.75, 3.05) is 60.6 Å². The van der Waals surface area contributed by atoms with Crippen molar-refractivity contribution >= 4 is 0 Å². The number of nitrogens with zero attached hydrogens (tertiary/aromatic N) is 2. The van der Waals surface area contributed by atoms with Gasteiger partial charge >= 0.3 is 0 Å². The van der Waals surface area contributed by atoms with Crippen LogP contribution in [0.1, 0.15) is 37.6 Å². The fourth-order valence-electron chi connectivity index (χ4n) is 4.15. The Bertz CT molecular complexity index is 833. The SMILES string of the molecule is C=C(/C=C(\N)CCCN1CCN(CCCc2ccc(COC)[nH]2)CC1)/C(=C\C(=C/C)OC)OC. The molecule has 1 aromatic rings. The molecule has 190 valence electrons. The van der Waals surface area contributed by atoms with Crippen molar-refractivity contribution < 1.29 is 14.2 Å². The molecule has 0 atom stereocenters. The van der Waals surface area contributed by atoms with Gasteiger partial charge in [0, 0.05) is 62.0 Å². The van der Waals surface area contributed by atoms with Crippen molar-refractivity contribution in [1.29, 1.82) is 0 Å². The first-order chi connectivity index (χ1) is 16.5. The van der Waals surface area contributed by atoms with E-state index in [0.29, 0.717) is 12.4 Å². The summed E-state index contributed by atoms with van der Waals surface area (Å²) in [7, 11) is 4.99. The number of nitrogens with two attached hydrogens (primary N) is 1. The second kappa shape index (κ2) is 15.4. The van der Waals surface area contributed by atoms with Crippen LogP contribution in [0, 0.1) is 0 Å². The van der Waals surface area contributed by atoms with Crippen LogP contribution < -0.4 is 5.73 Å². The highest BCUT2D eigenvalue weighted by Gasteiger charge is 2.16. The first-order valence-corrected chi connectivity index (χ1v) is 12.2. The zero-order chi connectivity index (χ0) is 24.8. The van der Waals surface area contributed by atoms with E-state index in [9.17, 15) is 0 Å². The van der Waals surface area contributed by atoms with Gasteiger partial charge < -0.3 is 34.7 Å². The summed E-state index contributed by atoms with van der Waals surface area (Å²) < 4.78 is 15.9. The van der Waals surface area contributed by atoms with Crippen molar-refractivity contribution in [2.24, 2.45) is 5.73 Å². The average Bonchev–Trinajstić information content (AvgIpc) is 3.28. The number of allylic oxidation sites excluding steroid dienone is 4. The predicted molar refractivity (Wildman–Crippen MR) is 139 cm³/mol. The quantitative estimate of drug-likeness (QED) is 0.297. The first-order valence-electron chi connectivity index (χ1n) is 12.2. The molecule has 7 heteroatoms. The molecular weight excluding hydrogens is 428 g/mol. The molecule has 0 amide bonds. The summed E-state index contributed by atoms with van der Waals surface area (Å²) in [6, 6.07) is 4.29. The molecule has 0 radical (unpaired) electrons. The van der Waals surface area contributed by atoms with Crippen LogP contribution in [-0.4, -0.2) is 75.4 Å². The molecule has 0 unspecified atom stereocenters. The number of methoxy groups -OCH3 is 3. The van der Waals surface area contributed by atoms with Gasteiger partial charge in [-0.25, -0.2) is 0 Å². The fraction of sp³-hybridized carbons (Fsp3) is 0.556. The standard InChI is InChI=1S/C27H44N4O3/c1-6-26(33-4)20-27(34-5)22(2)19-23(28)9-7-13-30-15-17-31(18-16-30)14-8-10-24-11-12-25(29-24)21-32-3/h6,11-12,19-20,29H,2,7-10,13-18,21,28H2,1,3-5H3/b23-19-,26-6+,27-20+. The van der Waals surface area contributed by atoms with E-state index >= 15 is 0 Å². The molecule has 0 spiro atoms. The van der Waals surface area contributed by atoms with Gasteiger partial charge in [0.15, 0.2) is 0 Å². The summed E-state index contributed by atoms with van der Waals surface area (Å²) in [5, 5.41) is 0. The second-order valence-corrected chi connectivity index (χ2v) is 8.68. The summed E-state index contributed by atoms with van der Waals surface area (Å²) in [6.07, 6.45) is 9.74. The monoisotopic (exact) mass is 472 g/mol. The topological polar surface area (TPSA) is 76.0 Å². The lowest BCUT2D eigenvalue weighted by molar-refractivity contribution is 0.130. The van der Waals surface area contributed by atoms with Gasteiger partial charge in [0.05, 0.1) is 20.8 Å². The number of ether oxygens (including phenoxy) is 3. The van der Waals surface area contributed by atoms with Crippen LogP contribution in [-0.2, 0) is 27.2 Å². The molecule has 1 aliphatic heterocycles. The molecule has 2 rings (SSSR count).